The summed E-state index contributed by atoms with van der Waals surface area (Å²) in [5, 5.41) is 7.37. The normalized spacial score (nSPS) is 12.1. The monoisotopic (exact) mass is 322 g/mol. The molecule has 1 unspecified atom stereocenters. The molecule has 0 radical (unpaired) electrons. The Labute approximate surface area is 132 Å². The Morgan fingerprint density at radius 3 is 3.09 bits per heavy atom. The van der Waals surface area contributed by atoms with Gasteiger partial charge in [-0.1, -0.05) is 5.16 Å². The summed E-state index contributed by atoms with van der Waals surface area (Å²) >= 11 is 1.42. The lowest BCUT2D eigenvalue weighted by Gasteiger charge is -2.11. The number of hydrogen-bond acceptors (Lipinski definition) is 7. The standard InChI is InChI=1S/C14H18N4O3S/c1-9(13-17-11(18-21-13)6-8-20-2)16-12(19)10-5-4-7-15-14(10)22-3/h4-5,7,9H,6,8H2,1-3H3,(H,16,19). The van der Waals surface area contributed by atoms with Gasteiger partial charge in [-0.3, -0.25) is 4.79 Å². The first kappa shape index (κ1) is 16.4. The topological polar surface area (TPSA) is 90.1 Å². The Hall–Kier alpha value is -1.93. The first-order valence-electron chi connectivity index (χ1n) is 6.77. The first-order valence-corrected chi connectivity index (χ1v) is 7.99. The van der Waals surface area contributed by atoms with E-state index in [1.165, 1.54) is 11.8 Å². The molecule has 0 bridgehead atoms. The number of nitrogens with one attached hydrogen (secondary N) is 1. The minimum Gasteiger partial charge on any atom is -0.384 e. The van der Waals surface area contributed by atoms with Gasteiger partial charge in [0.05, 0.1) is 12.2 Å². The van der Waals surface area contributed by atoms with E-state index in [1.54, 1.807) is 32.4 Å². The lowest BCUT2D eigenvalue weighted by Crippen LogP contribution is -2.27. The van der Waals surface area contributed by atoms with Crippen molar-refractivity contribution in [1.82, 2.24) is 20.4 Å². The Bertz CT molecular complexity index is 632. The molecule has 2 aromatic heterocycles. The molecule has 0 aliphatic carbocycles. The van der Waals surface area contributed by atoms with Crippen LogP contribution in [-0.2, 0) is 11.2 Å². The number of thioether (sulfide) groups is 1. The molecule has 22 heavy (non-hydrogen) atoms. The van der Waals surface area contributed by atoms with Gasteiger partial charge >= 0.3 is 0 Å². The number of amides is 1. The van der Waals surface area contributed by atoms with Crippen molar-refractivity contribution in [3.8, 4) is 0 Å². The van der Waals surface area contributed by atoms with Gasteiger partial charge in [0.15, 0.2) is 5.82 Å². The van der Waals surface area contributed by atoms with Crippen LogP contribution in [-0.4, -0.2) is 41.0 Å². The second-order valence-electron chi connectivity index (χ2n) is 4.55. The number of carbonyl (C=O) groups excluding carboxylic acids is 1. The summed E-state index contributed by atoms with van der Waals surface area (Å²) in [6, 6.07) is 3.08. The zero-order valence-corrected chi connectivity index (χ0v) is 13.5. The maximum absolute atomic E-state index is 12.3. The summed E-state index contributed by atoms with van der Waals surface area (Å²) in [7, 11) is 1.61. The third-order valence-electron chi connectivity index (χ3n) is 2.94. The van der Waals surface area contributed by atoms with Gasteiger partial charge in [-0.2, -0.15) is 4.98 Å². The van der Waals surface area contributed by atoms with Crippen molar-refractivity contribution in [2.24, 2.45) is 0 Å². The molecular weight excluding hydrogens is 304 g/mol. The van der Waals surface area contributed by atoms with Gasteiger partial charge in [0, 0.05) is 19.7 Å². The summed E-state index contributed by atoms with van der Waals surface area (Å²) < 4.78 is 10.1. The van der Waals surface area contributed by atoms with Gasteiger partial charge in [-0.25, -0.2) is 4.98 Å². The second-order valence-corrected chi connectivity index (χ2v) is 5.34. The third kappa shape index (κ3) is 4.05. The predicted molar refractivity (Wildman–Crippen MR) is 81.8 cm³/mol. The van der Waals surface area contributed by atoms with E-state index in [0.717, 1.165) is 0 Å². The first-order chi connectivity index (χ1) is 10.7. The summed E-state index contributed by atoms with van der Waals surface area (Å²) in [5.74, 6) is 0.708. The van der Waals surface area contributed by atoms with Crippen LogP contribution in [0.25, 0.3) is 0 Å². The van der Waals surface area contributed by atoms with E-state index in [1.807, 2.05) is 6.26 Å². The number of methoxy groups -OCH3 is 1. The average molecular weight is 322 g/mol. The smallest absolute Gasteiger partial charge is 0.254 e. The molecule has 2 aromatic rings. The number of carbonyl (C=O) groups is 1. The number of ether oxygens (including phenoxy) is 1. The molecule has 0 aliphatic heterocycles. The summed E-state index contributed by atoms with van der Waals surface area (Å²) in [4.78, 5) is 20.7. The van der Waals surface area contributed by atoms with Crippen molar-refractivity contribution in [3.05, 3.63) is 35.6 Å². The van der Waals surface area contributed by atoms with Crippen molar-refractivity contribution in [2.75, 3.05) is 20.0 Å². The van der Waals surface area contributed by atoms with Gasteiger partial charge in [-0.05, 0) is 25.3 Å². The number of pyridine rings is 1. The fraction of sp³-hybridized carbons (Fsp3) is 0.429. The minimum absolute atomic E-state index is 0.221. The molecule has 118 valence electrons. The molecule has 7 nitrogen and oxygen atoms in total. The molecule has 8 heteroatoms. The van der Waals surface area contributed by atoms with Crippen LogP contribution in [0.4, 0.5) is 0 Å². The number of aromatic nitrogens is 3. The molecule has 0 fully saturated rings. The molecule has 1 amide bonds. The zero-order chi connectivity index (χ0) is 15.9. The SMILES string of the molecule is COCCc1noc(C(C)NC(=O)c2cccnc2SC)n1. The number of nitrogens with zero attached hydrogens (tertiary/aromatic N) is 3. The largest absolute Gasteiger partial charge is 0.384 e. The van der Waals surface area contributed by atoms with Crippen LogP contribution in [0.3, 0.4) is 0 Å². The highest BCUT2D eigenvalue weighted by molar-refractivity contribution is 7.98. The van der Waals surface area contributed by atoms with Crippen LogP contribution >= 0.6 is 11.8 Å². The zero-order valence-electron chi connectivity index (χ0n) is 12.7. The molecular formula is C14H18N4O3S. The van der Waals surface area contributed by atoms with Gasteiger partial charge in [0.25, 0.3) is 5.91 Å². The summed E-state index contributed by atoms with van der Waals surface area (Å²) in [6.07, 6.45) is 4.11. The van der Waals surface area contributed by atoms with Crippen LogP contribution in [0.5, 0.6) is 0 Å². The average Bonchev–Trinajstić information content (AvgIpc) is 3.01. The number of hydrogen-bond donors (Lipinski definition) is 1. The van der Waals surface area contributed by atoms with E-state index < -0.39 is 0 Å². The maximum Gasteiger partial charge on any atom is 0.254 e. The van der Waals surface area contributed by atoms with Crippen LogP contribution in [0, 0.1) is 0 Å². The maximum atomic E-state index is 12.3. The molecule has 0 saturated carbocycles. The minimum atomic E-state index is -0.383. The lowest BCUT2D eigenvalue weighted by molar-refractivity contribution is 0.0929. The van der Waals surface area contributed by atoms with Gasteiger partial charge in [0.1, 0.15) is 11.1 Å². The lowest BCUT2D eigenvalue weighted by atomic mass is 10.2. The highest BCUT2D eigenvalue weighted by atomic mass is 32.2. The van der Waals surface area contributed by atoms with Gasteiger partial charge in [-0.15, -0.1) is 11.8 Å². The predicted octanol–water partition coefficient (Wildman–Crippen LogP) is 1.87. The van der Waals surface area contributed by atoms with Crippen molar-refractivity contribution >= 4 is 17.7 Å². The molecule has 0 saturated heterocycles. The second kappa shape index (κ2) is 7.90. The Balaban J connectivity index is 2.03. The summed E-state index contributed by atoms with van der Waals surface area (Å²) in [6.45, 7) is 2.31. The molecule has 1 N–H and O–H groups in total. The van der Waals surface area contributed by atoms with Crippen molar-refractivity contribution < 1.29 is 14.1 Å². The molecule has 0 aliphatic rings. The fourth-order valence-corrected chi connectivity index (χ4v) is 2.35. The van der Waals surface area contributed by atoms with Gasteiger partial charge < -0.3 is 14.6 Å². The molecule has 0 spiro atoms. The Kier molecular flexibility index (Phi) is 5.91. The highest BCUT2D eigenvalue weighted by Crippen LogP contribution is 2.18. The van der Waals surface area contributed by atoms with Gasteiger partial charge in [0.2, 0.25) is 5.89 Å². The van der Waals surface area contributed by atoms with Crippen molar-refractivity contribution in [2.45, 2.75) is 24.4 Å². The van der Waals surface area contributed by atoms with Crippen LogP contribution < -0.4 is 5.32 Å². The van der Waals surface area contributed by atoms with E-state index in [4.69, 9.17) is 9.26 Å². The highest BCUT2D eigenvalue weighted by Gasteiger charge is 2.19. The molecule has 1 atom stereocenters. The molecule has 0 aromatic carbocycles. The van der Waals surface area contributed by atoms with Crippen LogP contribution in [0.15, 0.2) is 27.9 Å². The van der Waals surface area contributed by atoms with Crippen LogP contribution in [0.1, 0.15) is 35.0 Å². The van der Waals surface area contributed by atoms with E-state index in [9.17, 15) is 4.79 Å². The van der Waals surface area contributed by atoms with E-state index in [0.29, 0.717) is 35.3 Å². The summed E-state index contributed by atoms with van der Waals surface area (Å²) in [5.41, 5.74) is 0.529. The van der Waals surface area contributed by atoms with Crippen molar-refractivity contribution in [3.63, 3.8) is 0 Å². The molecule has 2 heterocycles. The number of rotatable bonds is 7. The van der Waals surface area contributed by atoms with E-state index in [-0.39, 0.29) is 11.9 Å². The third-order valence-corrected chi connectivity index (χ3v) is 3.65. The van der Waals surface area contributed by atoms with E-state index in [2.05, 4.69) is 20.4 Å². The quantitative estimate of drug-likeness (QED) is 0.778. The van der Waals surface area contributed by atoms with E-state index >= 15 is 0 Å². The fourth-order valence-electron chi connectivity index (χ4n) is 1.80. The Morgan fingerprint density at radius 1 is 1.55 bits per heavy atom. The Morgan fingerprint density at radius 2 is 2.36 bits per heavy atom. The molecule has 2 rings (SSSR count). The van der Waals surface area contributed by atoms with Crippen molar-refractivity contribution in [1.29, 1.82) is 0 Å². The van der Waals surface area contributed by atoms with Crippen LogP contribution in [0.2, 0.25) is 0 Å².